The molecule has 0 aromatic heterocycles. The summed E-state index contributed by atoms with van der Waals surface area (Å²) in [5, 5.41) is 17.6. The summed E-state index contributed by atoms with van der Waals surface area (Å²) in [5.41, 5.74) is 1.25. The predicted octanol–water partition coefficient (Wildman–Crippen LogP) is 3.48. The van der Waals surface area contributed by atoms with Gasteiger partial charge in [0.05, 0.1) is 0 Å². The maximum atomic E-state index is 9.24. The SMILES string of the molecule is CCOC(C)O.C\C1=C/C(O)=C\C=C\CCC1. The number of allylic oxidation sites excluding steroid dienone is 5. The third kappa shape index (κ3) is 11.2. The molecular formula is C14H24O3. The van der Waals surface area contributed by atoms with Crippen LogP contribution in [0, 0.1) is 0 Å². The van der Waals surface area contributed by atoms with Gasteiger partial charge < -0.3 is 14.9 Å². The molecule has 0 bridgehead atoms. The number of ether oxygens (including phenoxy) is 1. The molecule has 2 N–H and O–H groups in total. The van der Waals surface area contributed by atoms with E-state index in [2.05, 4.69) is 17.7 Å². The molecule has 17 heavy (non-hydrogen) atoms. The zero-order valence-corrected chi connectivity index (χ0v) is 11.0. The Labute approximate surface area is 104 Å². The van der Waals surface area contributed by atoms with E-state index in [1.807, 2.05) is 19.1 Å². The van der Waals surface area contributed by atoms with Crippen LogP contribution >= 0.6 is 0 Å². The van der Waals surface area contributed by atoms with Gasteiger partial charge in [-0.15, -0.1) is 0 Å². The summed E-state index contributed by atoms with van der Waals surface area (Å²) in [6.07, 6.45) is 10.3. The molecule has 1 rings (SSSR count). The standard InChI is InChI=1S/C10H14O.C4H10O2/c1-9-6-4-2-3-5-7-10(11)8-9;1-3-6-4(2)5/h3,5,7-8,11H,2,4,6H2,1H3;4-5H,3H2,1-2H3/b5-3+,9-8+,10-7+;. The molecule has 0 aliphatic heterocycles. The summed E-state index contributed by atoms with van der Waals surface area (Å²) < 4.78 is 4.60. The first kappa shape index (κ1) is 15.9. The van der Waals surface area contributed by atoms with Crippen LogP contribution in [0.5, 0.6) is 0 Å². The number of aliphatic hydroxyl groups is 2. The van der Waals surface area contributed by atoms with Gasteiger partial charge in [-0.1, -0.05) is 17.7 Å². The third-order valence-electron chi connectivity index (χ3n) is 2.15. The van der Waals surface area contributed by atoms with Gasteiger partial charge in [-0.2, -0.15) is 0 Å². The van der Waals surface area contributed by atoms with Crippen LogP contribution < -0.4 is 0 Å². The Balaban J connectivity index is 0.000000366. The van der Waals surface area contributed by atoms with E-state index >= 15 is 0 Å². The van der Waals surface area contributed by atoms with Crippen molar-refractivity contribution in [1.82, 2.24) is 0 Å². The second-order valence-corrected chi connectivity index (χ2v) is 3.96. The molecule has 3 heteroatoms. The fourth-order valence-corrected chi connectivity index (χ4v) is 1.38. The minimum Gasteiger partial charge on any atom is -0.508 e. The van der Waals surface area contributed by atoms with Gasteiger partial charge in [0, 0.05) is 6.61 Å². The van der Waals surface area contributed by atoms with E-state index in [0.717, 1.165) is 12.8 Å². The maximum Gasteiger partial charge on any atom is 0.151 e. The predicted molar refractivity (Wildman–Crippen MR) is 70.8 cm³/mol. The summed E-state index contributed by atoms with van der Waals surface area (Å²) in [6, 6.07) is 0. The molecule has 0 spiro atoms. The van der Waals surface area contributed by atoms with Crippen LogP contribution in [-0.4, -0.2) is 23.1 Å². The minimum atomic E-state index is -0.602. The molecule has 0 saturated heterocycles. The van der Waals surface area contributed by atoms with Crippen molar-refractivity contribution in [2.75, 3.05) is 6.61 Å². The number of hydrogen-bond donors (Lipinski definition) is 2. The first-order valence-corrected chi connectivity index (χ1v) is 6.09. The average molecular weight is 240 g/mol. The minimum absolute atomic E-state index is 0.362. The van der Waals surface area contributed by atoms with Crippen molar-refractivity contribution < 1.29 is 14.9 Å². The quantitative estimate of drug-likeness (QED) is 0.726. The fourth-order valence-electron chi connectivity index (χ4n) is 1.38. The highest BCUT2D eigenvalue weighted by Gasteiger charge is 1.93. The molecule has 0 amide bonds. The largest absolute Gasteiger partial charge is 0.508 e. The molecule has 3 nitrogen and oxygen atoms in total. The van der Waals surface area contributed by atoms with Crippen molar-refractivity contribution >= 4 is 0 Å². The van der Waals surface area contributed by atoms with Gasteiger partial charge in [0.25, 0.3) is 0 Å². The summed E-state index contributed by atoms with van der Waals surface area (Å²) in [5.74, 6) is 0.362. The van der Waals surface area contributed by atoms with Crippen LogP contribution in [0.25, 0.3) is 0 Å². The van der Waals surface area contributed by atoms with Crippen LogP contribution in [0.3, 0.4) is 0 Å². The second kappa shape index (κ2) is 10.1. The van der Waals surface area contributed by atoms with Crippen LogP contribution in [0.1, 0.15) is 40.0 Å². The van der Waals surface area contributed by atoms with Crippen molar-refractivity contribution in [2.45, 2.75) is 46.3 Å². The molecule has 1 unspecified atom stereocenters. The van der Waals surface area contributed by atoms with Gasteiger partial charge in [0.2, 0.25) is 0 Å². The van der Waals surface area contributed by atoms with Crippen LogP contribution in [0.15, 0.2) is 35.6 Å². The maximum absolute atomic E-state index is 9.24. The first-order valence-electron chi connectivity index (χ1n) is 6.09. The molecule has 0 fully saturated rings. The molecule has 0 aromatic carbocycles. The lowest BCUT2D eigenvalue weighted by atomic mass is 10.1. The number of hydrogen-bond acceptors (Lipinski definition) is 3. The molecule has 0 radical (unpaired) electrons. The molecule has 0 heterocycles. The monoisotopic (exact) mass is 240 g/mol. The van der Waals surface area contributed by atoms with Crippen molar-refractivity contribution in [2.24, 2.45) is 0 Å². The van der Waals surface area contributed by atoms with Gasteiger partial charge in [0.15, 0.2) is 6.29 Å². The normalized spacial score (nSPS) is 25.6. The van der Waals surface area contributed by atoms with E-state index in [-0.39, 0.29) is 0 Å². The topological polar surface area (TPSA) is 49.7 Å². The van der Waals surface area contributed by atoms with Crippen LogP contribution in [0.4, 0.5) is 0 Å². The highest BCUT2D eigenvalue weighted by molar-refractivity contribution is 5.21. The summed E-state index contributed by atoms with van der Waals surface area (Å²) in [4.78, 5) is 0. The van der Waals surface area contributed by atoms with E-state index in [1.165, 1.54) is 12.0 Å². The number of aliphatic hydroxyl groups excluding tert-OH is 2. The fraction of sp³-hybridized carbons (Fsp3) is 0.571. The Kier molecular flexibility index (Phi) is 9.49. The van der Waals surface area contributed by atoms with Crippen molar-refractivity contribution in [1.29, 1.82) is 0 Å². The van der Waals surface area contributed by atoms with Gasteiger partial charge in [-0.3, -0.25) is 0 Å². The first-order chi connectivity index (χ1) is 8.06. The van der Waals surface area contributed by atoms with Crippen molar-refractivity contribution in [3.8, 4) is 0 Å². The highest BCUT2D eigenvalue weighted by Crippen LogP contribution is 2.11. The Morgan fingerprint density at radius 3 is 2.71 bits per heavy atom. The summed E-state index contributed by atoms with van der Waals surface area (Å²) in [6.45, 7) is 6.06. The van der Waals surface area contributed by atoms with E-state index in [9.17, 15) is 5.11 Å². The van der Waals surface area contributed by atoms with Gasteiger partial charge in [-0.05, 0) is 52.2 Å². The average Bonchev–Trinajstić information content (AvgIpc) is 2.31. The highest BCUT2D eigenvalue weighted by atomic mass is 16.6. The lowest BCUT2D eigenvalue weighted by molar-refractivity contribution is -0.0800. The Morgan fingerprint density at radius 2 is 2.18 bits per heavy atom. The van der Waals surface area contributed by atoms with Crippen LogP contribution in [-0.2, 0) is 4.74 Å². The van der Waals surface area contributed by atoms with Crippen molar-refractivity contribution in [3.63, 3.8) is 0 Å². The lowest BCUT2D eigenvalue weighted by Crippen LogP contribution is -2.04. The molecule has 0 saturated carbocycles. The summed E-state index contributed by atoms with van der Waals surface area (Å²) in [7, 11) is 0. The summed E-state index contributed by atoms with van der Waals surface area (Å²) >= 11 is 0. The molecule has 1 atom stereocenters. The zero-order valence-electron chi connectivity index (χ0n) is 11.0. The Morgan fingerprint density at radius 1 is 1.47 bits per heavy atom. The molecule has 1 aliphatic rings. The van der Waals surface area contributed by atoms with E-state index in [4.69, 9.17) is 5.11 Å². The molecule has 98 valence electrons. The van der Waals surface area contributed by atoms with Gasteiger partial charge in [-0.25, -0.2) is 0 Å². The van der Waals surface area contributed by atoms with E-state index < -0.39 is 6.29 Å². The Bertz CT molecular complexity index is 275. The third-order valence-corrected chi connectivity index (χ3v) is 2.15. The van der Waals surface area contributed by atoms with Crippen LogP contribution in [0.2, 0.25) is 0 Å². The number of rotatable bonds is 2. The lowest BCUT2D eigenvalue weighted by Gasteiger charge is -1.99. The van der Waals surface area contributed by atoms with Gasteiger partial charge >= 0.3 is 0 Å². The smallest absolute Gasteiger partial charge is 0.151 e. The van der Waals surface area contributed by atoms with Crippen molar-refractivity contribution in [3.05, 3.63) is 35.6 Å². The van der Waals surface area contributed by atoms with E-state index in [0.29, 0.717) is 12.4 Å². The zero-order chi connectivity index (χ0) is 13.1. The Hall–Kier alpha value is -1.06. The second-order valence-electron chi connectivity index (χ2n) is 3.96. The molecule has 1 aliphatic carbocycles. The van der Waals surface area contributed by atoms with Gasteiger partial charge in [0.1, 0.15) is 5.76 Å². The van der Waals surface area contributed by atoms with E-state index in [1.54, 1.807) is 13.0 Å². The molecule has 0 aromatic rings. The molecular weight excluding hydrogens is 216 g/mol.